The van der Waals surface area contributed by atoms with Gasteiger partial charge in [-0.05, 0) is 19.2 Å². The Morgan fingerprint density at radius 1 is 1.38 bits per heavy atom. The first-order chi connectivity index (χ1) is 14.2. The third-order valence-corrected chi connectivity index (χ3v) is 6.64. The van der Waals surface area contributed by atoms with Gasteiger partial charge in [0, 0.05) is 48.4 Å². The number of morpholine rings is 1. The van der Waals surface area contributed by atoms with E-state index in [0.29, 0.717) is 18.8 Å². The van der Waals surface area contributed by atoms with Crippen LogP contribution in [0.4, 0.5) is 5.13 Å². The molecule has 3 aromatic rings. The maximum Gasteiger partial charge on any atom is 0.270 e. The molecule has 0 radical (unpaired) electrons. The Hall–Kier alpha value is -2.42. The number of hydrogen-bond acceptors (Lipinski definition) is 6. The van der Waals surface area contributed by atoms with Gasteiger partial charge in [0.25, 0.3) is 5.91 Å². The average molecular weight is 412 g/mol. The fraction of sp³-hybridized carbons (Fsp3) is 0.429. The van der Waals surface area contributed by atoms with Crippen molar-refractivity contribution in [3.8, 4) is 0 Å². The summed E-state index contributed by atoms with van der Waals surface area (Å²) in [5, 5.41) is 5.42. The number of nitrogens with one attached hydrogen (secondary N) is 2. The lowest BCUT2D eigenvalue weighted by atomic mass is 10.1. The first-order valence-corrected chi connectivity index (χ1v) is 10.9. The highest BCUT2D eigenvalue weighted by Gasteiger charge is 2.26. The maximum absolute atomic E-state index is 13.0. The predicted octanol–water partition coefficient (Wildman–Crippen LogP) is 2.57. The SMILES string of the molecule is CN1CCOC(CNc2nc3c(s2)CN(C(=O)c2cc4ccccc4[nH]2)CC3)C1. The van der Waals surface area contributed by atoms with Gasteiger partial charge in [-0.15, -0.1) is 0 Å². The third kappa shape index (κ3) is 3.88. The zero-order chi connectivity index (χ0) is 19.8. The molecule has 1 aromatic carbocycles. The van der Waals surface area contributed by atoms with Gasteiger partial charge >= 0.3 is 0 Å². The molecule has 1 atom stereocenters. The number of benzene rings is 1. The van der Waals surface area contributed by atoms with Crippen LogP contribution < -0.4 is 5.32 Å². The highest BCUT2D eigenvalue weighted by molar-refractivity contribution is 7.15. The van der Waals surface area contributed by atoms with Gasteiger partial charge < -0.3 is 24.8 Å². The first kappa shape index (κ1) is 18.6. The van der Waals surface area contributed by atoms with Crippen molar-refractivity contribution < 1.29 is 9.53 Å². The maximum atomic E-state index is 13.0. The van der Waals surface area contributed by atoms with Gasteiger partial charge in [-0.25, -0.2) is 4.98 Å². The van der Waals surface area contributed by atoms with Crippen molar-refractivity contribution in [3.63, 3.8) is 0 Å². The van der Waals surface area contributed by atoms with E-state index in [4.69, 9.17) is 9.72 Å². The van der Waals surface area contributed by atoms with Crippen LogP contribution >= 0.6 is 11.3 Å². The molecule has 152 valence electrons. The molecule has 2 aliphatic heterocycles. The number of aromatic amines is 1. The molecular formula is C21H25N5O2S. The average Bonchev–Trinajstić information content (AvgIpc) is 3.35. The second-order valence-electron chi connectivity index (χ2n) is 7.77. The van der Waals surface area contributed by atoms with Crippen LogP contribution in [0.5, 0.6) is 0 Å². The molecule has 1 saturated heterocycles. The topological polar surface area (TPSA) is 73.5 Å². The normalized spacial score (nSPS) is 20.0. The molecule has 0 bridgehead atoms. The molecule has 2 aliphatic rings. The largest absolute Gasteiger partial charge is 0.374 e. The minimum Gasteiger partial charge on any atom is -0.374 e. The fourth-order valence-corrected chi connectivity index (χ4v) is 5.03. The van der Waals surface area contributed by atoms with Gasteiger partial charge in [-0.2, -0.15) is 0 Å². The molecule has 0 spiro atoms. The molecule has 1 fully saturated rings. The molecule has 4 heterocycles. The van der Waals surface area contributed by atoms with Gasteiger partial charge in [0.2, 0.25) is 0 Å². The zero-order valence-corrected chi connectivity index (χ0v) is 17.3. The molecule has 0 aliphatic carbocycles. The van der Waals surface area contributed by atoms with Gasteiger partial charge in [0.15, 0.2) is 5.13 Å². The predicted molar refractivity (Wildman–Crippen MR) is 115 cm³/mol. The van der Waals surface area contributed by atoms with Gasteiger partial charge in [-0.1, -0.05) is 29.5 Å². The van der Waals surface area contributed by atoms with Crippen LogP contribution in [0, 0.1) is 0 Å². The highest BCUT2D eigenvalue weighted by atomic mass is 32.1. The number of para-hydroxylation sites is 1. The molecule has 2 N–H and O–H groups in total. The summed E-state index contributed by atoms with van der Waals surface area (Å²) in [5.74, 6) is 0.0494. The number of carbonyl (C=O) groups is 1. The second-order valence-corrected chi connectivity index (χ2v) is 8.86. The number of aromatic nitrogens is 2. The number of thiazole rings is 1. The van der Waals surface area contributed by atoms with Gasteiger partial charge in [0.1, 0.15) is 5.69 Å². The summed E-state index contributed by atoms with van der Waals surface area (Å²) in [7, 11) is 2.12. The Balaban J connectivity index is 1.24. The first-order valence-electron chi connectivity index (χ1n) is 10.1. The molecular weight excluding hydrogens is 386 g/mol. The van der Waals surface area contributed by atoms with Crippen LogP contribution in [-0.4, -0.2) is 71.6 Å². The Bertz CT molecular complexity index is 996. The zero-order valence-electron chi connectivity index (χ0n) is 16.5. The summed E-state index contributed by atoms with van der Waals surface area (Å²) in [6.45, 7) is 4.77. The summed E-state index contributed by atoms with van der Waals surface area (Å²) in [6, 6.07) is 9.91. The van der Waals surface area contributed by atoms with E-state index >= 15 is 0 Å². The number of H-pyrrole nitrogens is 1. The number of rotatable bonds is 4. The molecule has 29 heavy (non-hydrogen) atoms. The number of likely N-dealkylation sites (N-methyl/N-ethyl adjacent to an activating group) is 1. The van der Waals surface area contributed by atoms with E-state index in [2.05, 4.69) is 22.2 Å². The lowest BCUT2D eigenvalue weighted by molar-refractivity contribution is -0.0117. The van der Waals surface area contributed by atoms with Crippen molar-refractivity contribution >= 4 is 33.3 Å². The minimum absolute atomic E-state index is 0.0494. The van der Waals surface area contributed by atoms with E-state index in [9.17, 15) is 4.79 Å². The van der Waals surface area contributed by atoms with Crippen LogP contribution in [-0.2, 0) is 17.7 Å². The number of hydrogen-bond donors (Lipinski definition) is 2. The molecule has 1 unspecified atom stereocenters. The Morgan fingerprint density at radius 3 is 3.14 bits per heavy atom. The Morgan fingerprint density at radius 2 is 2.28 bits per heavy atom. The van der Waals surface area contributed by atoms with E-state index in [1.807, 2.05) is 35.2 Å². The lowest BCUT2D eigenvalue weighted by Crippen LogP contribution is -2.43. The van der Waals surface area contributed by atoms with Crippen LogP contribution in [0.15, 0.2) is 30.3 Å². The van der Waals surface area contributed by atoms with E-state index in [0.717, 1.165) is 54.4 Å². The molecule has 5 rings (SSSR count). The lowest BCUT2D eigenvalue weighted by Gasteiger charge is -2.29. The molecule has 1 amide bonds. The minimum atomic E-state index is 0.0494. The third-order valence-electron chi connectivity index (χ3n) is 5.60. The van der Waals surface area contributed by atoms with Crippen molar-refractivity contribution in [3.05, 3.63) is 46.6 Å². The van der Waals surface area contributed by atoms with Gasteiger partial charge in [0.05, 0.1) is 24.9 Å². The number of amides is 1. The monoisotopic (exact) mass is 411 g/mol. The number of ether oxygens (including phenoxy) is 1. The fourth-order valence-electron chi connectivity index (χ4n) is 3.99. The van der Waals surface area contributed by atoms with Crippen molar-refractivity contribution in [2.75, 3.05) is 45.2 Å². The second kappa shape index (κ2) is 7.78. The van der Waals surface area contributed by atoms with Crippen LogP contribution in [0.3, 0.4) is 0 Å². The number of fused-ring (bicyclic) bond motifs is 2. The number of anilines is 1. The summed E-state index contributed by atoms with van der Waals surface area (Å²) in [6.07, 6.45) is 0.983. The van der Waals surface area contributed by atoms with Crippen molar-refractivity contribution in [2.24, 2.45) is 0 Å². The molecule has 2 aromatic heterocycles. The van der Waals surface area contributed by atoms with Crippen molar-refractivity contribution in [1.29, 1.82) is 0 Å². The van der Waals surface area contributed by atoms with Crippen molar-refractivity contribution in [2.45, 2.75) is 19.1 Å². The molecule has 7 nitrogen and oxygen atoms in total. The van der Waals surface area contributed by atoms with Crippen molar-refractivity contribution in [1.82, 2.24) is 19.8 Å². The number of carbonyl (C=O) groups excluding carboxylic acids is 1. The van der Waals surface area contributed by atoms with E-state index < -0.39 is 0 Å². The summed E-state index contributed by atoms with van der Waals surface area (Å²) >= 11 is 1.65. The summed E-state index contributed by atoms with van der Waals surface area (Å²) in [5.41, 5.74) is 2.75. The van der Waals surface area contributed by atoms with Crippen LogP contribution in [0.1, 0.15) is 21.1 Å². The van der Waals surface area contributed by atoms with Crippen LogP contribution in [0.2, 0.25) is 0 Å². The highest BCUT2D eigenvalue weighted by Crippen LogP contribution is 2.29. The van der Waals surface area contributed by atoms with Crippen LogP contribution in [0.25, 0.3) is 10.9 Å². The summed E-state index contributed by atoms with van der Waals surface area (Å²) in [4.78, 5) is 26.4. The van der Waals surface area contributed by atoms with Gasteiger partial charge in [-0.3, -0.25) is 4.79 Å². The molecule has 8 heteroatoms. The van der Waals surface area contributed by atoms with E-state index in [-0.39, 0.29) is 12.0 Å². The smallest absolute Gasteiger partial charge is 0.270 e. The Kier molecular flexibility index (Phi) is 4.99. The van der Waals surface area contributed by atoms with E-state index in [1.54, 1.807) is 11.3 Å². The standard InChI is InChI=1S/C21H25N5O2S/c1-25-8-9-28-15(12-25)11-22-21-24-17-6-7-26(13-19(17)29-21)20(27)18-10-14-4-2-3-5-16(14)23-18/h2-5,10,15,23H,6-9,11-13H2,1H3,(H,22,24). The van der Waals surface area contributed by atoms with E-state index in [1.165, 1.54) is 4.88 Å². The Labute approximate surface area is 173 Å². The summed E-state index contributed by atoms with van der Waals surface area (Å²) < 4.78 is 5.81. The quantitative estimate of drug-likeness (QED) is 0.690. The number of nitrogens with zero attached hydrogens (tertiary/aromatic N) is 3. The molecule has 0 saturated carbocycles.